The lowest BCUT2D eigenvalue weighted by atomic mass is 9.96. The predicted molar refractivity (Wildman–Crippen MR) is 62.4 cm³/mol. The van der Waals surface area contributed by atoms with Gasteiger partial charge in [-0.2, -0.15) is 5.10 Å². The Kier molecular flexibility index (Phi) is 3.44. The van der Waals surface area contributed by atoms with Gasteiger partial charge < -0.3 is 4.67 Å². The third-order valence-electron chi connectivity index (χ3n) is 2.57. The van der Waals surface area contributed by atoms with Gasteiger partial charge >= 0.3 is 0 Å². The highest BCUT2D eigenvalue weighted by Crippen LogP contribution is 2.13. The fourth-order valence-corrected chi connectivity index (χ4v) is 1.65. The third-order valence-corrected chi connectivity index (χ3v) is 4.62. The molecule has 1 aliphatic rings. The molecule has 1 fully saturated rings. The standard InChI is InChI=1S/C10H18N2O2Si/c1-12(15(2,3)4)11-8-6-5-7-9(13)10(8)14/h5-7H2,1-4H3. The second-order valence-corrected chi connectivity index (χ2v) is 9.84. The number of carbonyl (C=O) groups is 2. The molecule has 0 N–H and O–H groups in total. The molecule has 1 rings (SSSR count). The number of hydrogen-bond donors (Lipinski definition) is 0. The van der Waals surface area contributed by atoms with Crippen molar-refractivity contribution < 1.29 is 9.59 Å². The summed E-state index contributed by atoms with van der Waals surface area (Å²) in [5.41, 5.74) is 0.441. The van der Waals surface area contributed by atoms with Gasteiger partial charge in [-0.15, -0.1) is 0 Å². The molecule has 15 heavy (non-hydrogen) atoms. The molecule has 1 saturated carbocycles. The smallest absolute Gasteiger partial charge is 0.244 e. The predicted octanol–water partition coefficient (Wildman–Crippen LogP) is 1.43. The van der Waals surface area contributed by atoms with E-state index in [0.717, 1.165) is 6.42 Å². The highest BCUT2D eigenvalue weighted by Gasteiger charge is 2.27. The van der Waals surface area contributed by atoms with E-state index in [0.29, 0.717) is 18.6 Å². The van der Waals surface area contributed by atoms with Crippen LogP contribution in [0, 0.1) is 0 Å². The van der Waals surface area contributed by atoms with Crippen LogP contribution in [0.5, 0.6) is 0 Å². The number of carbonyl (C=O) groups excluding carboxylic acids is 2. The van der Waals surface area contributed by atoms with Crippen LogP contribution in [0.4, 0.5) is 0 Å². The summed E-state index contributed by atoms with van der Waals surface area (Å²) in [4.78, 5) is 22.7. The molecule has 0 bridgehead atoms. The van der Waals surface area contributed by atoms with Gasteiger partial charge in [0.2, 0.25) is 11.6 Å². The Morgan fingerprint density at radius 1 is 1.20 bits per heavy atom. The Bertz CT molecular complexity index is 318. The Labute approximate surface area is 91.4 Å². The maximum Gasteiger partial charge on any atom is 0.244 e. The van der Waals surface area contributed by atoms with Gasteiger partial charge in [-0.05, 0) is 12.8 Å². The summed E-state index contributed by atoms with van der Waals surface area (Å²) in [6, 6.07) is 0. The van der Waals surface area contributed by atoms with E-state index in [2.05, 4.69) is 24.7 Å². The molecule has 0 atom stereocenters. The van der Waals surface area contributed by atoms with E-state index in [1.165, 1.54) is 0 Å². The molecule has 0 unspecified atom stereocenters. The van der Waals surface area contributed by atoms with E-state index in [1.54, 1.807) is 0 Å². The van der Waals surface area contributed by atoms with Crippen molar-refractivity contribution in [2.24, 2.45) is 5.10 Å². The van der Waals surface area contributed by atoms with E-state index in [-0.39, 0.29) is 11.6 Å². The molecule has 5 heteroatoms. The lowest BCUT2D eigenvalue weighted by molar-refractivity contribution is -0.133. The van der Waals surface area contributed by atoms with E-state index in [4.69, 9.17) is 0 Å². The summed E-state index contributed by atoms with van der Waals surface area (Å²) in [5.74, 6) is -0.671. The quantitative estimate of drug-likeness (QED) is 0.406. The first-order chi connectivity index (χ1) is 6.82. The highest BCUT2D eigenvalue weighted by atomic mass is 28.3. The van der Waals surface area contributed by atoms with E-state index >= 15 is 0 Å². The minimum atomic E-state index is -1.51. The van der Waals surface area contributed by atoms with E-state index in [1.807, 2.05) is 11.7 Å². The first kappa shape index (κ1) is 12.1. The molecule has 4 nitrogen and oxygen atoms in total. The number of nitrogens with zero attached hydrogens (tertiary/aromatic N) is 2. The van der Waals surface area contributed by atoms with Crippen LogP contribution >= 0.6 is 0 Å². The fraction of sp³-hybridized carbons (Fsp3) is 0.700. The minimum absolute atomic E-state index is 0.288. The summed E-state index contributed by atoms with van der Waals surface area (Å²) >= 11 is 0. The van der Waals surface area contributed by atoms with Gasteiger partial charge in [0.25, 0.3) is 0 Å². The van der Waals surface area contributed by atoms with E-state index < -0.39 is 8.24 Å². The van der Waals surface area contributed by atoms with Crippen LogP contribution in [-0.2, 0) is 9.59 Å². The normalized spacial score (nSPS) is 20.9. The molecule has 0 aromatic rings. The van der Waals surface area contributed by atoms with Crippen molar-refractivity contribution in [3.8, 4) is 0 Å². The van der Waals surface area contributed by atoms with Gasteiger partial charge in [0.1, 0.15) is 5.71 Å². The summed E-state index contributed by atoms with van der Waals surface area (Å²) in [6.07, 6.45) is 1.77. The molecular formula is C10H18N2O2Si. The number of hydrazone groups is 1. The zero-order chi connectivity index (χ0) is 11.6. The zero-order valence-corrected chi connectivity index (χ0v) is 10.8. The lowest BCUT2D eigenvalue weighted by Crippen LogP contribution is -2.41. The highest BCUT2D eigenvalue weighted by molar-refractivity contribution is 6.73. The van der Waals surface area contributed by atoms with Gasteiger partial charge in [-0.25, -0.2) is 0 Å². The monoisotopic (exact) mass is 226 g/mol. The second kappa shape index (κ2) is 4.26. The first-order valence-corrected chi connectivity index (χ1v) is 8.66. The lowest BCUT2D eigenvalue weighted by Gasteiger charge is -2.28. The van der Waals surface area contributed by atoms with Crippen LogP contribution in [0.15, 0.2) is 5.10 Å². The van der Waals surface area contributed by atoms with Gasteiger partial charge in [-0.1, -0.05) is 19.6 Å². The van der Waals surface area contributed by atoms with Gasteiger partial charge in [0, 0.05) is 13.5 Å². The van der Waals surface area contributed by atoms with E-state index in [9.17, 15) is 9.59 Å². The van der Waals surface area contributed by atoms with Crippen molar-refractivity contribution in [2.75, 3.05) is 7.05 Å². The number of rotatable bonds is 2. The van der Waals surface area contributed by atoms with Crippen molar-refractivity contribution in [3.63, 3.8) is 0 Å². The largest absolute Gasteiger partial charge is 0.327 e. The Balaban J connectivity index is 2.83. The van der Waals surface area contributed by atoms with Gasteiger partial charge in [0.15, 0.2) is 8.24 Å². The molecule has 0 radical (unpaired) electrons. The molecule has 0 heterocycles. The summed E-state index contributed by atoms with van der Waals surface area (Å²) in [6.45, 7) is 6.44. The molecule has 0 spiro atoms. The fourth-order valence-electron chi connectivity index (χ4n) is 1.23. The van der Waals surface area contributed by atoms with Crippen LogP contribution in [0.2, 0.25) is 19.6 Å². The molecular weight excluding hydrogens is 208 g/mol. The number of Topliss-reactive ketones (excluding diaryl/α,β-unsaturated/α-hetero) is 2. The molecule has 84 valence electrons. The second-order valence-electron chi connectivity index (χ2n) is 4.85. The van der Waals surface area contributed by atoms with Crippen LogP contribution in [0.25, 0.3) is 0 Å². The topological polar surface area (TPSA) is 49.7 Å². The molecule has 1 aliphatic carbocycles. The maximum absolute atomic E-state index is 11.5. The Hall–Kier alpha value is -0.973. The van der Waals surface area contributed by atoms with Crippen molar-refractivity contribution in [1.82, 2.24) is 4.67 Å². The van der Waals surface area contributed by atoms with Crippen LogP contribution in [-0.4, -0.2) is 37.2 Å². The molecule has 0 aliphatic heterocycles. The van der Waals surface area contributed by atoms with Gasteiger partial charge in [0.05, 0.1) is 0 Å². The molecule has 0 aromatic heterocycles. The molecule has 0 aromatic carbocycles. The van der Waals surface area contributed by atoms with Crippen LogP contribution < -0.4 is 0 Å². The summed E-state index contributed by atoms with van der Waals surface area (Å²) < 4.78 is 1.87. The SMILES string of the molecule is CN(N=C1CCCC(=O)C1=O)[Si](C)(C)C. The van der Waals surface area contributed by atoms with Crippen LogP contribution in [0.1, 0.15) is 19.3 Å². The number of ketones is 2. The zero-order valence-electron chi connectivity index (χ0n) is 9.83. The average Bonchev–Trinajstić information content (AvgIpc) is 2.11. The van der Waals surface area contributed by atoms with Crippen molar-refractivity contribution >= 4 is 25.5 Å². The van der Waals surface area contributed by atoms with Crippen molar-refractivity contribution in [3.05, 3.63) is 0 Å². The summed E-state index contributed by atoms with van der Waals surface area (Å²) in [5, 5.41) is 4.28. The van der Waals surface area contributed by atoms with Crippen molar-refractivity contribution in [1.29, 1.82) is 0 Å². The molecule has 0 amide bonds. The maximum atomic E-state index is 11.5. The third kappa shape index (κ3) is 2.99. The molecule has 0 saturated heterocycles. The van der Waals surface area contributed by atoms with Crippen LogP contribution in [0.3, 0.4) is 0 Å². The number of hydrogen-bond acceptors (Lipinski definition) is 4. The van der Waals surface area contributed by atoms with Crippen molar-refractivity contribution in [2.45, 2.75) is 38.9 Å². The Morgan fingerprint density at radius 3 is 2.33 bits per heavy atom. The first-order valence-electron chi connectivity index (χ1n) is 5.21. The Morgan fingerprint density at radius 2 is 1.80 bits per heavy atom. The minimum Gasteiger partial charge on any atom is -0.327 e. The average molecular weight is 226 g/mol. The summed E-state index contributed by atoms with van der Waals surface area (Å²) in [7, 11) is 0.367. The van der Waals surface area contributed by atoms with Gasteiger partial charge in [-0.3, -0.25) is 9.59 Å².